The van der Waals surface area contributed by atoms with E-state index in [9.17, 15) is 4.79 Å². The zero-order valence-corrected chi connectivity index (χ0v) is 11.6. The fourth-order valence-electron chi connectivity index (χ4n) is 1.79. The second-order valence-electron chi connectivity index (χ2n) is 4.46. The Labute approximate surface area is 109 Å². The number of nitrogens with zero attached hydrogens (tertiary/aromatic N) is 2. The lowest BCUT2D eigenvalue weighted by molar-refractivity contribution is -0.146. The van der Waals surface area contributed by atoms with E-state index in [0.717, 1.165) is 18.7 Å². The van der Waals surface area contributed by atoms with Gasteiger partial charge in [-0.05, 0) is 33.7 Å². The largest absolute Gasteiger partial charge is 0.465 e. The van der Waals surface area contributed by atoms with Gasteiger partial charge in [-0.1, -0.05) is 6.92 Å². The highest BCUT2D eigenvalue weighted by atomic mass is 16.5. The molecule has 0 fully saturated rings. The third-order valence-corrected chi connectivity index (χ3v) is 2.67. The number of carbonyl (C=O) groups is 1. The highest BCUT2D eigenvalue weighted by Crippen LogP contribution is 2.18. The van der Waals surface area contributed by atoms with Crippen molar-refractivity contribution in [3.05, 3.63) is 18.2 Å². The molecule has 0 aliphatic rings. The van der Waals surface area contributed by atoms with Crippen LogP contribution in [0.25, 0.3) is 0 Å². The van der Waals surface area contributed by atoms with Gasteiger partial charge < -0.3 is 9.30 Å². The Bertz CT molecular complexity index is 374. The average molecular weight is 253 g/mol. The number of aromatic nitrogens is 2. The van der Waals surface area contributed by atoms with Gasteiger partial charge >= 0.3 is 5.97 Å². The summed E-state index contributed by atoms with van der Waals surface area (Å²) in [5, 5.41) is 3.22. The third-order valence-electron chi connectivity index (χ3n) is 2.67. The first-order valence-electron chi connectivity index (χ1n) is 6.53. The van der Waals surface area contributed by atoms with Crippen LogP contribution >= 0.6 is 0 Å². The number of rotatable bonds is 7. The summed E-state index contributed by atoms with van der Waals surface area (Å²) in [6, 6.07) is -0.169. The molecule has 1 aromatic heterocycles. The van der Waals surface area contributed by atoms with Crippen molar-refractivity contribution in [2.45, 2.75) is 46.2 Å². The van der Waals surface area contributed by atoms with E-state index in [1.165, 1.54) is 0 Å². The summed E-state index contributed by atoms with van der Waals surface area (Å²) in [4.78, 5) is 16.1. The maximum atomic E-state index is 12.0. The Hall–Kier alpha value is -1.36. The van der Waals surface area contributed by atoms with E-state index in [2.05, 4.69) is 31.1 Å². The molecule has 5 nitrogen and oxygen atoms in total. The number of carbonyl (C=O) groups excluding carboxylic acids is 1. The van der Waals surface area contributed by atoms with Crippen LogP contribution in [-0.4, -0.2) is 28.7 Å². The highest BCUT2D eigenvalue weighted by molar-refractivity contribution is 5.77. The van der Waals surface area contributed by atoms with Gasteiger partial charge in [-0.15, -0.1) is 0 Å². The standard InChI is InChI=1S/C13H23N3O2/c1-5-7-15-12(13(17)18-6-2)11-8-14-9-16(11)10(3)4/h8-10,12,15H,5-7H2,1-4H3. The maximum Gasteiger partial charge on any atom is 0.329 e. The fraction of sp³-hybridized carbons (Fsp3) is 0.692. The topological polar surface area (TPSA) is 56.1 Å². The van der Waals surface area contributed by atoms with Crippen LogP contribution in [0, 0.1) is 0 Å². The molecule has 0 saturated heterocycles. The predicted octanol–water partition coefficient (Wildman–Crippen LogP) is 2.07. The molecular weight excluding hydrogens is 230 g/mol. The van der Waals surface area contributed by atoms with Crippen LogP contribution in [-0.2, 0) is 9.53 Å². The van der Waals surface area contributed by atoms with Gasteiger partial charge in [0.2, 0.25) is 0 Å². The van der Waals surface area contributed by atoms with Crippen molar-refractivity contribution in [1.29, 1.82) is 0 Å². The zero-order chi connectivity index (χ0) is 13.5. The summed E-state index contributed by atoms with van der Waals surface area (Å²) < 4.78 is 7.11. The van der Waals surface area contributed by atoms with Gasteiger partial charge in [-0.25, -0.2) is 9.78 Å². The minimum atomic E-state index is -0.435. The second-order valence-corrected chi connectivity index (χ2v) is 4.46. The van der Waals surface area contributed by atoms with E-state index in [-0.39, 0.29) is 12.0 Å². The number of hydrogen-bond donors (Lipinski definition) is 1. The molecule has 0 aromatic carbocycles. The minimum absolute atomic E-state index is 0.242. The van der Waals surface area contributed by atoms with Crippen molar-refractivity contribution < 1.29 is 9.53 Å². The molecule has 0 radical (unpaired) electrons. The van der Waals surface area contributed by atoms with Crippen LogP contribution in [0.4, 0.5) is 0 Å². The van der Waals surface area contributed by atoms with Crippen LogP contribution in [0.5, 0.6) is 0 Å². The number of ether oxygens (including phenoxy) is 1. The molecule has 1 unspecified atom stereocenters. The Kier molecular flexibility index (Phi) is 5.85. The van der Waals surface area contributed by atoms with Crippen molar-refractivity contribution in [1.82, 2.24) is 14.9 Å². The lowest BCUT2D eigenvalue weighted by atomic mass is 10.2. The number of imidazole rings is 1. The van der Waals surface area contributed by atoms with Crippen molar-refractivity contribution in [2.75, 3.05) is 13.2 Å². The maximum absolute atomic E-state index is 12.0. The summed E-state index contributed by atoms with van der Waals surface area (Å²) in [5.74, 6) is -0.242. The SMILES string of the molecule is CCCNC(C(=O)OCC)c1cncn1C(C)C. The van der Waals surface area contributed by atoms with Gasteiger partial charge in [0.1, 0.15) is 6.04 Å². The number of nitrogens with one attached hydrogen (secondary N) is 1. The van der Waals surface area contributed by atoms with Crippen molar-refractivity contribution >= 4 is 5.97 Å². The Balaban J connectivity index is 2.93. The van der Waals surface area contributed by atoms with E-state index in [4.69, 9.17) is 4.74 Å². The predicted molar refractivity (Wildman–Crippen MR) is 70.3 cm³/mol. The summed E-state index contributed by atoms with van der Waals surface area (Å²) in [6.07, 6.45) is 4.44. The summed E-state index contributed by atoms with van der Waals surface area (Å²) >= 11 is 0. The normalized spacial score (nSPS) is 12.7. The number of esters is 1. The molecule has 0 saturated carbocycles. The Morgan fingerprint density at radius 3 is 2.78 bits per heavy atom. The summed E-state index contributed by atoms with van der Waals surface area (Å²) in [5.41, 5.74) is 0.858. The van der Waals surface area contributed by atoms with Crippen LogP contribution in [0.1, 0.15) is 51.9 Å². The molecule has 5 heteroatoms. The molecule has 0 aliphatic heterocycles. The highest BCUT2D eigenvalue weighted by Gasteiger charge is 2.25. The Morgan fingerprint density at radius 1 is 1.50 bits per heavy atom. The molecule has 0 bridgehead atoms. The zero-order valence-electron chi connectivity index (χ0n) is 11.6. The molecule has 0 spiro atoms. The van der Waals surface area contributed by atoms with Crippen molar-refractivity contribution in [3.8, 4) is 0 Å². The minimum Gasteiger partial charge on any atom is -0.465 e. The lowest BCUT2D eigenvalue weighted by Crippen LogP contribution is -2.32. The van der Waals surface area contributed by atoms with Crippen LogP contribution in [0.3, 0.4) is 0 Å². The first kappa shape index (κ1) is 14.7. The fourth-order valence-corrected chi connectivity index (χ4v) is 1.79. The molecular formula is C13H23N3O2. The molecule has 0 amide bonds. The van der Waals surface area contributed by atoms with Gasteiger partial charge in [-0.2, -0.15) is 0 Å². The summed E-state index contributed by atoms with van der Waals surface area (Å²) in [7, 11) is 0. The van der Waals surface area contributed by atoms with E-state index >= 15 is 0 Å². The van der Waals surface area contributed by atoms with E-state index in [1.807, 2.05) is 11.5 Å². The average Bonchev–Trinajstić information content (AvgIpc) is 2.79. The molecule has 1 heterocycles. The van der Waals surface area contributed by atoms with Crippen molar-refractivity contribution in [3.63, 3.8) is 0 Å². The smallest absolute Gasteiger partial charge is 0.329 e. The van der Waals surface area contributed by atoms with E-state index in [0.29, 0.717) is 6.61 Å². The number of hydrogen-bond acceptors (Lipinski definition) is 4. The van der Waals surface area contributed by atoms with E-state index < -0.39 is 6.04 Å². The molecule has 1 atom stereocenters. The molecule has 1 aromatic rings. The van der Waals surface area contributed by atoms with Gasteiger partial charge in [-0.3, -0.25) is 5.32 Å². The van der Waals surface area contributed by atoms with Gasteiger partial charge in [0, 0.05) is 6.04 Å². The third kappa shape index (κ3) is 3.57. The molecule has 1 rings (SSSR count). The van der Waals surface area contributed by atoms with Crippen LogP contribution in [0.2, 0.25) is 0 Å². The first-order chi connectivity index (χ1) is 8.61. The molecule has 0 aliphatic carbocycles. The van der Waals surface area contributed by atoms with E-state index in [1.54, 1.807) is 12.5 Å². The second kappa shape index (κ2) is 7.16. The molecule has 18 heavy (non-hydrogen) atoms. The summed E-state index contributed by atoms with van der Waals surface area (Å²) in [6.45, 7) is 9.16. The molecule has 1 N–H and O–H groups in total. The van der Waals surface area contributed by atoms with Gasteiger partial charge in [0.25, 0.3) is 0 Å². The quantitative estimate of drug-likeness (QED) is 0.756. The Morgan fingerprint density at radius 2 is 2.22 bits per heavy atom. The van der Waals surface area contributed by atoms with Crippen molar-refractivity contribution in [2.24, 2.45) is 0 Å². The monoisotopic (exact) mass is 253 g/mol. The molecule has 102 valence electrons. The lowest BCUT2D eigenvalue weighted by Gasteiger charge is -2.20. The van der Waals surface area contributed by atoms with Gasteiger partial charge in [0.05, 0.1) is 24.8 Å². The van der Waals surface area contributed by atoms with Gasteiger partial charge in [0.15, 0.2) is 0 Å². The van der Waals surface area contributed by atoms with Crippen LogP contribution < -0.4 is 5.32 Å². The first-order valence-corrected chi connectivity index (χ1v) is 6.53. The van der Waals surface area contributed by atoms with Crippen LogP contribution in [0.15, 0.2) is 12.5 Å².